The molecule has 3 aliphatic rings. The summed E-state index contributed by atoms with van der Waals surface area (Å²) in [6, 6.07) is 7.70. The van der Waals surface area contributed by atoms with Crippen LogP contribution in [-0.4, -0.2) is 23.6 Å². The van der Waals surface area contributed by atoms with Crippen LogP contribution < -0.4 is 0 Å². The Labute approximate surface area is 163 Å². The van der Waals surface area contributed by atoms with Crippen LogP contribution in [0.15, 0.2) is 64.3 Å². The van der Waals surface area contributed by atoms with Crippen molar-refractivity contribution in [2.24, 2.45) is 4.99 Å². The van der Waals surface area contributed by atoms with Crippen molar-refractivity contribution in [3.63, 3.8) is 0 Å². The Hall–Kier alpha value is -2.46. The van der Waals surface area contributed by atoms with E-state index in [1.54, 1.807) is 18.2 Å². The van der Waals surface area contributed by atoms with Crippen molar-refractivity contribution in [2.45, 2.75) is 44.1 Å². The highest BCUT2D eigenvalue weighted by Crippen LogP contribution is 2.32. The monoisotopic (exact) mass is 381 g/mol. The van der Waals surface area contributed by atoms with Crippen LogP contribution in [-0.2, 0) is 9.53 Å². The van der Waals surface area contributed by atoms with Crippen molar-refractivity contribution in [2.75, 3.05) is 0 Å². The molecule has 0 aromatic heterocycles. The first-order valence-corrected chi connectivity index (χ1v) is 9.69. The number of ether oxygens (including phenoxy) is 1. The van der Waals surface area contributed by atoms with E-state index in [1.807, 2.05) is 24.3 Å². The molecule has 1 saturated carbocycles. The van der Waals surface area contributed by atoms with Gasteiger partial charge >= 0.3 is 5.97 Å². The zero-order valence-electron chi connectivity index (χ0n) is 14.9. The molecule has 1 aromatic carbocycles. The number of aliphatic imine (C=N–C) groups is 1. The Morgan fingerprint density at radius 1 is 1.15 bits per heavy atom. The molecule has 4 rings (SSSR count). The third-order valence-electron chi connectivity index (χ3n) is 5.24. The topological polar surface area (TPSA) is 55.7 Å². The second-order valence-corrected chi connectivity index (χ2v) is 7.54. The molecule has 0 saturated heterocycles. The molecule has 0 spiro atoms. The van der Waals surface area contributed by atoms with E-state index >= 15 is 0 Å². The maximum Gasteiger partial charge on any atom is 0.358 e. The summed E-state index contributed by atoms with van der Waals surface area (Å²) >= 11 is 5.97. The summed E-state index contributed by atoms with van der Waals surface area (Å²) in [4.78, 5) is 28.9. The molecule has 0 bridgehead atoms. The molecule has 1 unspecified atom stereocenters. The first-order valence-electron chi connectivity index (χ1n) is 9.31. The van der Waals surface area contributed by atoms with Gasteiger partial charge in [-0.25, -0.2) is 9.79 Å². The van der Waals surface area contributed by atoms with Crippen molar-refractivity contribution < 1.29 is 14.3 Å². The zero-order chi connectivity index (χ0) is 18.8. The molecule has 0 amide bonds. The van der Waals surface area contributed by atoms with Crippen molar-refractivity contribution in [1.82, 2.24) is 0 Å². The number of allylic oxidation sites excluding steroid dienone is 3. The molecule has 0 radical (unpaired) electrons. The van der Waals surface area contributed by atoms with E-state index in [9.17, 15) is 9.59 Å². The summed E-state index contributed by atoms with van der Waals surface area (Å²) in [5.74, 6) is -0.276. The normalized spacial score (nSPS) is 24.1. The van der Waals surface area contributed by atoms with Gasteiger partial charge in [0.25, 0.3) is 0 Å². The van der Waals surface area contributed by atoms with Gasteiger partial charge in [-0.3, -0.25) is 4.79 Å². The highest BCUT2D eigenvalue weighted by molar-refractivity contribution is 6.34. The van der Waals surface area contributed by atoms with Crippen molar-refractivity contribution in [1.29, 1.82) is 0 Å². The van der Waals surface area contributed by atoms with E-state index in [-0.39, 0.29) is 11.5 Å². The van der Waals surface area contributed by atoms with E-state index in [1.165, 1.54) is 43.7 Å². The average molecular weight is 382 g/mol. The predicted octanol–water partition coefficient (Wildman–Crippen LogP) is 4.86. The molecule has 1 heterocycles. The van der Waals surface area contributed by atoms with Gasteiger partial charge in [-0.1, -0.05) is 55.1 Å². The SMILES string of the molecule is O=C1OC2C=CC(Cl)=CC2=N/C1=C/C(=O)c1ccc(C2CCCCC2)cc1. The summed E-state index contributed by atoms with van der Waals surface area (Å²) in [7, 11) is 0. The lowest BCUT2D eigenvalue weighted by Crippen LogP contribution is -2.31. The Balaban J connectivity index is 1.53. The molecular formula is C22H20ClNO3. The molecule has 4 nitrogen and oxygen atoms in total. The number of fused-ring (bicyclic) bond motifs is 1. The molecule has 0 N–H and O–H groups in total. The standard InChI is InChI=1S/C22H20ClNO3/c23-17-10-11-21-18(12-17)24-19(22(26)27-21)13-20(25)16-8-6-15(7-9-16)14-4-2-1-3-5-14/h6-14,21H,1-5H2/b19-13+. The quantitative estimate of drug-likeness (QED) is 0.427. The highest BCUT2D eigenvalue weighted by atomic mass is 35.5. The molecule has 1 aromatic rings. The summed E-state index contributed by atoms with van der Waals surface area (Å²) in [5, 5.41) is 0.506. The number of nitrogens with zero attached hydrogens (tertiary/aromatic N) is 1. The Morgan fingerprint density at radius 3 is 2.63 bits per heavy atom. The second-order valence-electron chi connectivity index (χ2n) is 7.10. The molecule has 27 heavy (non-hydrogen) atoms. The van der Waals surface area contributed by atoms with Gasteiger partial charge in [0.2, 0.25) is 0 Å². The summed E-state index contributed by atoms with van der Waals surface area (Å²) in [5.41, 5.74) is 2.34. The van der Waals surface area contributed by atoms with Crippen molar-refractivity contribution in [3.05, 3.63) is 70.4 Å². The first-order chi connectivity index (χ1) is 13.1. The highest BCUT2D eigenvalue weighted by Gasteiger charge is 2.28. The lowest BCUT2D eigenvalue weighted by atomic mass is 9.84. The number of ketones is 1. The first kappa shape index (κ1) is 17.9. The molecule has 138 valence electrons. The van der Waals surface area contributed by atoms with Crippen LogP contribution in [0.3, 0.4) is 0 Å². The minimum absolute atomic E-state index is 0.00127. The number of halogens is 1. The van der Waals surface area contributed by atoms with Crippen LogP contribution in [0.1, 0.15) is 53.9 Å². The van der Waals surface area contributed by atoms with Crippen LogP contribution in [0.2, 0.25) is 0 Å². The number of hydrogen-bond donors (Lipinski definition) is 0. The maximum absolute atomic E-state index is 12.6. The maximum atomic E-state index is 12.6. The number of benzene rings is 1. The number of rotatable bonds is 3. The summed E-state index contributed by atoms with van der Waals surface area (Å²) < 4.78 is 5.31. The fourth-order valence-electron chi connectivity index (χ4n) is 3.76. The Bertz CT molecular complexity index is 887. The summed E-state index contributed by atoms with van der Waals surface area (Å²) in [6.07, 6.45) is 11.9. The third kappa shape index (κ3) is 3.96. The van der Waals surface area contributed by atoms with Crippen LogP contribution in [0, 0.1) is 0 Å². The van der Waals surface area contributed by atoms with E-state index in [4.69, 9.17) is 16.3 Å². The predicted molar refractivity (Wildman–Crippen MR) is 105 cm³/mol. The lowest BCUT2D eigenvalue weighted by Gasteiger charge is -2.22. The molecule has 5 heteroatoms. The van der Waals surface area contributed by atoms with E-state index in [0.717, 1.165) is 0 Å². The fourth-order valence-corrected chi connectivity index (χ4v) is 3.94. The van der Waals surface area contributed by atoms with Gasteiger partial charge in [0.15, 0.2) is 17.6 Å². The molecule has 2 aliphatic carbocycles. The van der Waals surface area contributed by atoms with Gasteiger partial charge in [0.05, 0.1) is 5.71 Å². The third-order valence-corrected chi connectivity index (χ3v) is 5.47. The molecule has 1 fully saturated rings. The van der Waals surface area contributed by atoms with E-state index < -0.39 is 12.1 Å². The second kappa shape index (κ2) is 7.65. The van der Waals surface area contributed by atoms with Crippen LogP contribution in [0.4, 0.5) is 0 Å². The van der Waals surface area contributed by atoms with Gasteiger partial charge in [-0.05, 0) is 42.6 Å². The van der Waals surface area contributed by atoms with Gasteiger partial charge < -0.3 is 4.74 Å². The minimum Gasteiger partial charge on any atom is -0.447 e. The Morgan fingerprint density at radius 2 is 1.89 bits per heavy atom. The average Bonchev–Trinajstić information content (AvgIpc) is 2.69. The summed E-state index contributed by atoms with van der Waals surface area (Å²) in [6.45, 7) is 0. The fraction of sp³-hybridized carbons (Fsp3) is 0.318. The van der Waals surface area contributed by atoms with Gasteiger partial charge in [0, 0.05) is 16.7 Å². The molecule has 1 aliphatic heterocycles. The van der Waals surface area contributed by atoms with Crippen LogP contribution in [0.5, 0.6) is 0 Å². The van der Waals surface area contributed by atoms with Gasteiger partial charge in [-0.15, -0.1) is 0 Å². The molecular weight excluding hydrogens is 362 g/mol. The van der Waals surface area contributed by atoms with Crippen molar-refractivity contribution in [3.8, 4) is 0 Å². The minimum atomic E-state index is -0.605. The van der Waals surface area contributed by atoms with Crippen LogP contribution in [0.25, 0.3) is 0 Å². The number of hydrogen-bond acceptors (Lipinski definition) is 4. The molecule has 1 atom stereocenters. The van der Waals surface area contributed by atoms with Crippen molar-refractivity contribution >= 4 is 29.1 Å². The van der Waals surface area contributed by atoms with E-state index in [2.05, 4.69) is 4.99 Å². The lowest BCUT2D eigenvalue weighted by molar-refractivity contribution is -0.140. The smallest absolute Gasteiger partial charge is 0.358 e. The zero-order valence-corrected chi connectivity index (χ0v) is 15.6. The largest absolute Gasteiger partial charge is 0.447 e. The van der Waals surface area contributed by atoms with Gasteiger partial charge in [0.1, 0.15) is 0 Å². The van der Waals surface area contributed by atoms with E-state index in [0.29, 0.717) is 22.2 Å². The number of carbonyl (C=O) groups is 2. The van der Waals surface area contributed by atoms with Gasteiger partial charge in [-0.2, -0.15) is 0 Å². The Kier molecular flexibility index (Phi) is 5.08. The number of carbonyl (C=O) groups excluding carboxylic acids is 2. The van der Waals surface area contributed by atoms with Crippen LogP contribution >= 0.6 is 11.6 Å². The number of esters is 1.